The molecule has 4 heterocycles. The number of thioether (sulfide) groups is 1. The molecule has 2 aliphatic rings. The van der Waals surface area contributed by atoms with Crippen molar-refractivity contribution in [1.82, 2.24) is 19.7 Å². The van der Waals surface area contributed by atoms with Crippen molar-refractivity contribution in [3.05, 3.63) is 36.0 Å². The zero-order chi connectivity index (χ0) is 22.1. The standard InChI is InChI=1S/C24H31N5O2S/c1-16-9-11-28(12-10-16)23-26-27-24(29(23)15-18-6-5-13-31-18)32-17(2)22(30)20-14-25-21-8-4-3-7-19(20)21/h3-4,7-8,14,16-18,25H,5-6,9-13,15H2,1-2H3. The first-order valence-electron chi connectivity index (χ1n) is 11.7. The predicted molar refractivity (Wildman–Crippen MR) is 128 cm³/mol. The van der Waals surface area contributed by atoms with Crippen LogP contribution in [-0.2, 0) is 11.3 Å². The summed E-state index contributed by atoms with van der Waals surface area (Å²) in [5, 5.41) is 10.6. The third-order valence-corrected chi connectivity index (χ3v) is 7.76. The van der Waals surface area contributed by atoms with Crippen LogP contribution in [0.1, 0.15) is 49.9 Å². The fourth-order valence-corrected chi connectivity index (χ4v) is 5.59. The Labute approximate surface area is 192 Å². The largest absolute Gasteiger partial charge is 0.376 e. The lowest BCUT2D eigenvalue weighted by Gasteiger charge is -2.31. The van der Waals surface area contributed by atoms with Gasteiger partial charge in [-0.2, -0.15) is 0 Å². The van der Waals surface area contributed by atoms with Crippen molar-refractivity contribution in [2.24, 2.45) is 5.92 Å². The Kier molecular flexibility index (Phi) is 6.24. The molecule has 2 atom stereocenters. The van der Waals surface area contributed by atoms with Crippen LogP contribution >= 0.6 is 11.8 Å². The highest BCUT2D eigenvalue weighted by Gasteiger charge is 2.28. The summed E-state index contributed by atoms with van der Waals surface area (Å²) in [6, 6.07) is 7.93. The maximum atomic E-state index is 13.3. The van der Waals surface area contributed by atoms with E-state index in [-0.39, 0.29) is 17.1 Å². The number of ether oxygens (including phenoxy) is 1. The van der Waals surface area contributed by atoms with Crippen molar-refractivity contribution in [3.63, 3.8) is 0 Å². The Hall–Kier alpha value is -2.32. The van der Waals surface area contributed by atoms with E-state index in [2.05, 4.69) is 31.6 Å². The van der Waals surface area contributed by atoms with E-state index in [1.165, 1.54) is 24.6 Å². The summed E-state index contributed by atoms with van der Waals surface area (Å²) >= 11 is 1.50. The molecule has 1 aromatic carbocycles. The van der Waals surface area contributed by atoms with Crippen molar-refractivity contribution < 1.29 is 9.53 Å². The number of piperidine rings is 1. The molecular formula is C24H31N5O2S. The van der Waals surface area contributed by atoms with Gasteiger partial charge in [-0.3, -0.25) is 9.36 Å². The first-order valence-corrected chi connectivity index (χ1v) is 12.5. The van der Waals surface area contributed by atoms with E-state index < -0.39 is 0 Å². The van der Waals surface area contributed by atoms with Gasteiger partial charge < -0.3 is 14.6 Å². The van der Waals surface area contributed by atoms with E-state index in [1.54, 1.807) is 0 Å². The lowest BCUT2D eigenvalue weighted by molar-refractivity contribution is 0.0951. The van der Waals surface area contributed by atoms with Crippen LogP contribution in [0.2, 0.25) is 0 Å². The third-order valence-electron chi connectivity index (χ3n) is 6.68. The molecule has 32 heavy (non-hydrogen) atoms. The molecular weight excluding hydrogens is 422 g/mol. The highest BCUT2D eigenvalue weighted by molar-refractivity contribution is 8.00. The lowest BCUT2D eigenvalue weighted by Crippen LogP contribution is -2.35. The van der Waals surface area contributed by atoms with Gasteiger partial charge in [0.15, 0.2) is 10.9 Å². The number of hydrogen-bond donors (Lipinski definition) is 1. The number of carbonyl (C=O) groups is 1. The number of H-pyrrole nitrogens is 1. The number of aromatic nitrogens is 4. The van der Waals surface area contributed by atoms with E-state index in [0.29, 0.717) is 0 Å². The second-order valence-electron chi connectivity index (χ2n) is 9.07. The smallest absolute Gasteiger partial charge is 0.228 e. The maximum absolute atomic E-state index is 13.3. The van der Waals surface area contributed by atoms with Crippen LogP contribution in [0.5, 0.6) is 0 Å². The Bertz CT molecular complexity index is 1080. The topological polar surface area (TPSA) is 76.0 Å². The fourth-order valence-electron chi connectivity index (χ4n) is 4.67. The summed E-state index contributed by atoms with van der Waals surface area (Å²) in [6.07, 6.45) is 6.51. The Morgan fingerprint density at radius 1 is 1.25 bits per heavy atom. The molecule has 0 bridgehead atoms. The molecule has 0 radical (unpaired) electrons. The number of para-hydroxylation sites is 1. The summed E-state index contributed by atoms with van der Waals surface area (Å²) in [4.78, 5) is 18.8. The average molecular weight is 454 g/mol. The summed E-state index contributed by atoms with van der Waals surface area (Å²) in [5.74, 6) is 1.78. The summed E-state index contributed by atoms with van der Waals surface area (Å²) < 4.78 is 8.12. The van der Waals surface area contributed by atoms with Gasteiger partial charge in [-0.25, -0.2) is 0 Å². The van der Waals surface area contributed by atoms with Gasteiger partial charge in [-0.15, -0.1) is 10.2 Å². The molecule has 2 saturated heterocycles. The van der Waals surface area contributed by atoms with Crippen molar-refractivity contribution in [1.29, 1.82) is 0 Å². The number of Topliss-reactive ketones (excluding diaryl/α,β-unsaturated/α-hetero) is 1. The van der Waals surface area contributed by atoms with Crippen molar-refractivity contribution in [2.45, 2.75) is 62.6 Å². The monoisotopic (exact) mass is 453 g/mol. The SMILES string of the molecule is CC1CCN(c2nnc(SC(C)C(=O)c3c[nH]c4ccccc34)n2CC2CCCO2)CC1. The number of aromatic amines is 1. The first-order chi connectivity index (χ1) is 15.6. The lowest BCUT2D eigenvalue weighted by atomic mass is 10.00. The zero-order valence-corrected chi connectivity index (χ0v) is 19.6. The minimum atomic E-state index is -0.268. The van der Waals surface area contributed by atoms with Gasteiger partial charge in [-0.1, -0.05) is 36.9 Å². The van der Waals surface area contributed by atoms with E-state index in [0.717, 1.165) is 72.6 Å². The first kappa shape index (κ1) is 21.5. The van der Waals surface area contributed by atoms with Crippen molar-refractivity contribution in [3.8, 4) is 0 Å². The van der Waals surface area contributed by atoms with Crippen molar-refractivity contribution in [2.75, 3.05) is 24.6 Å². The molecule has 2 aromatic heterocycles. The predicted octanol–water partition coefficient (Wildman–Crippen LogP) is 4.54. The van der Waals surface area contributed by atoms with E-state index in [4.69, 9.17) is 4.74 Å². The molecule has 170 valence electrons. The molecule has 7 nitrogen and oxygen atoms in total. The van der Waals surface area contributed by atoms with Crippen LogP contribution in [0.3, 0.4) is 0 Å². The van der Waals surface area contributed by atoms with Gasteiger partial charge in [0, 0.05) is 42.4 Å². The number of benzene rings is 1. The number of carbonyl (C=O) groups excluding carboxylic acids is 1. The van der Waals surface area contributed by atoms with Crippen molar-refractivity contribution >= 4 is 34.4 Å². The molecule has 5 rings (SSSR count). The van der Waals surface area contributed by atoms with Gasteiger partial charge in [0.1, 0.15) is 0 Å². The average Bonchev–Trinajstić information content (AvgIpc) is 3.55. The molecule has 2 aliphatic heterocycles. The van der Waals surface area contributed by atoms with Gasteiger partial charge in [0.2, 0.25) is 5.95 Å². The number of rotatable bonds is 7. The number of ketones is 1. The highest BCUT2D eigenvalue weighted by Crippen LogP contribution is 2.32. The Morgan fingerprint density at radius 3 is 2.84 bits per heavy atom. The van der Waals surface area contributed by atoms with Crippen LogP contribution in [-0.4, -0.2) is 56.6 Å². The van der Waals surface area contributed by atoms with Crippen LogP contribution < -0.4 is 4.90 Å². The number of nitrogens with zero attached hydrogens (tertiary/aromatic N) is 4. The quantitative estimate of drug-likeness (QED) is 0.418. The second kappa shape index (κ2) is 9.27. The Morgan fingerprint density at radius 2 is 2.06 bits per heavy atom. The van der Waals surface area contributed by atoms with Gasteiger partial charge in [0.05, 0.1) is 17.9 Å². The molecule has 0 spiro atoms. The molecule has 0 aliphatic carbocycles. The van der Waals surface area contributed by atoms with Crippen LogP contribution in [0.4, 0.5) is 5.95 Å². The fraction of sp³-hybridized carbons (Fsp3) is 0.542. The van der Waals surface area contributed by atoms with Crippen LogP contribution in [0.15, 0.2) is 35.6 Å². The Balaban J connectivity index is 1.38. The molecule has 0 saturated carbocycles. The molecule has 1 N–H and O–H groups in total. The highest BCUT2D eigenvalue weighted by atomic mass is 32.2. The zero-order valence-electron chi connectivity index (χ0n) is 18.8. The maximum Gasteiger partial charge on any atom is 0.228 e. The summed E-state index contributed by atoms with van der Waals surface area (Å²) in [7, 11) is 0. The number of nitrogens with one attached hydrogen (secondary N) is 1. The molecule has 0 amide bonds. The number of hydrogen-bond acceptors (Lipinski definition) is 6. The van der Waals surface area contributed by atoms with Gasteiger partial charge in [0.25, 0.3) is 0 Å². The van der Waals surface area contributed by atoms with E-state index >= 15 is 0 Å². The normalized spacial score (nSPS) is 20.8. The number of fused-ring (bicyclic) bond motifs is 1. The summed E-state index contributed by atoms with van der Waals surface area (Å²) in [5.41, 5.74) is 1.72. The van der Waals surface area contributed by atoms with Crippen LogP contribution in [0.25, 0.3) is 10.9 Å². The second-order valence-corrected chi connectivity index (χ2v) is 10.4. The van der Waals surface area contributed by atoms with Crippen LogP contribution in [0, 0.1) is 5.92 Å². The molecule has 3 aromatic rings. The minimum Gasteiger partial charge on any atom is -0.376 e. The minimum absolute atomic E-state index is 0.104. The third kappa shape index (κ3) is 4.30. The summed E-state index contributed by atoms with van der Waals surface area (Å²) in [6.45, 7) is 7.83. The molecule has 2 fully saturated rings. The van der Waals surface area contributed by atoms with Gasteiger partial charge in [-0.05, 0) is 44.6 Å². The molecule has 8 heteroatoms. The van der Waals surface area contributed by atoms with E-state index in [9.17, 15) is 4.79 Å². The number of anilines is 1. The van der Waals surface area contributed by atoms with E-state index in [1.807, 2.05) is 37.4 Å². The van der Waals surface area contributed by atoms with Gasteiger partial charge >= 0.3 is 0 Å². The molecule has 2 unspecified atom stereocenters.